The first-order chi connectivity index (χ1) is 16.3. The number of benzene rings is 3. The highest BCUT2D eigenvalue weighted by Crippen LogP contribution is 2.26. The second kappa shape index (κ2) is 9.66. The summed E-state index contributed by atoms with van der Waals surface area (Å²) in [5.74, 6) is -2.22. The lowest BCUT2D eigenvalue weighted by atomic mass is 10.0. The van der Waals surface area contributed by atoms with Crippen molar-refractivity contribution >= 4 is 11.8 Å². The number of aromatic nitrogens is 2. The first-order valence-electron chi connectivity index (χ1n) is 10.5. The maximum absolute atomic E-state index is 14.3. The first kappa shape index (κ1) is 22.8. The summed E-state index contributed by atoms with van der Waals surface area (Å²) in [4.78, 5) is 28.6. The molecule has 8 heteroatoms. The molecule has 34 heavy (non-hydrogen) atoms. The van der Waals surface area contributed by atoms with Gasteiger partial charge in [0.05, 0.1) is 17.9 Å². The minimum absolute atomic E-state index is 0.0629. The molecule has 0 fully saturated rings. The van der Waals surface area contributed by atoms with Crippen molar-refractivity contribution in [1.82, 2.24) is 9.55 Å². The van der Waals surface area contributed by atoms with E-state index in [2.05, 4.69) is 10.3 Å². The van der Waals surface area contributed by atoms with Crippen molar-refractivity contribution in [2.75, 3.05) is 5.32 Å². The van der Waals surface area contributed by atoms with Gasteiger partial charge in [-0.1, -0.05) is 54.6 Å². The van der Waals surface area contributed by atoms with Crippen LogP contribution in [-0.2, 0) is 11.3 Å². The number of hydrogen-bond acceptors (Lipinski definition) is 4. The van der Waals surface area contributed by atoms with Crippen molar-refractivity contribution in [2.45, 2.75) is 19.5 Å². The number of carbonyl (C=O) groups is 1. The summed E-state index contributed by atoms with van der Waals surface area (Å²) in [6.45, 7) is 1.16. The summed E-state index contributed by atoms with van der Waals surface area (Å²) in [5, 5.41) is 12.3. The van der Waals surface area contributed by atoms with Crippen molar-refractivity contribution in [1.29, 1.82) is 0 Å². The minimum atomic E-state index is -1.24. The van der Waals surface area contributed by atoms with Gasteiger partial charge >= 0.3 is 5.97 Å². The number of aliphatic carboxylic acids is 1. The SMILES string of the molecule is CC(Nc1ncc(-c2ccccc2F)n(CC(=O)O)c1=O)c1ccc(-c2ccccc2F)cc1. The van der Waals surface area contributed by atoms with Gasteiger partial charge in [0.2, 0.25) is 0 Å². The van der Waals surface area contributed by atoms with Crippen LogP contribution in [0.4, 0.5) is 14.6 Å². The molecule has 4 rings (SSSR count). The number of rotatable bonds is 7. The third kappa shape index (κ3) is 4.71. The van der Waals surface area contributed by atoms with E-state index in [0.717, 1.165) is 10.1 Å². The van der Waals surface area contributed by atoms with E-state index in [0.29, 0.717) is 11.1 Å². The molecule has 0 saturated heterocycles. The van der Waals surface area contributed by atoms with Gasteiger partial charge in [-0.2, -0.15) is 0 Å². The molecule has 0 aliphatic carbocycles. The number of carboxylic acid groups (broad SMARTS) is 1. The van der Waals surface area contributed by atoms with Crippen molar-refractivity contribution in [3.63, 3.8) is 0 Å². The van der Waals surface area contributed by atoms with Crippen LogP contribution in [-0.4, -0.2) is 20.6 Å². The number of carboxylic acids is 1. The fourth-order valence-corrected chi connectivity index (χ4v) is 3.70. The molecule has 0 aliphatic rings. The normalized spacial score (nSPS) is 11.7. The molecular formula is C26H21F2N3O3. The van der Waals surface area contributed by atoms with Crippen LogP contribution in [0.1, 0.15) is 18.5 Å². The molecule has 0 aliphatic heterocycles. The second-order valence-electron chi connectivity index (χ2n) is 7.72. The van der Waals surface area contributed by atoms with Crippen LogP contribution in [0.3, 0.4) is 0 Å². The van der Waals surface area contributed by atoms with E-state index >= 15 is 0 Å². The van der Waals surface area contributed by atoms with E-state index in [1.807, 2.05) is 19.1 Å². The Bertz CT molecular complexity index is 1400. The summed E-state index contributed by atoms with van der Waals surface area (Å²) in [7, 11) is 0. The topological polar surface area (TPSA) is 84.2 Å². The highest BCUT2D eigenvalue weighted by Gasteiger charge is 2.18. The van der Waals surface area contributed by atoms with Gasteiger partial charge in [0.1, 0.15) is 18.2 Å². The predicted molar refractivity (Wildman–Crippen MR) is 125 cm³/mol. The number of hydrogen-bond donors (Lipinski definition) is 2. The first-order valence-corrected chi connectivity index (χ1v) is 10.5. The van der Waals surface area contributed by atoms with Gasteiger partial charge in [0.25, 0.3) is 5.56 Å². The third-order valence-electron chi connectivity index (χ3n) is 5.45. The molecule has 6 nitrogen and oxygen atoms in total. The Morgan fingerprint density at radius 3 is 2.15 bits per heavy atom. The van der Waals surface area contributed by atoms with E-state index in [4.69, 9.17) is 0 Å². The molecule has 1 aromatic heterocycles. The summed E-state index contributed by atoms with van der Waals surface area (Å²) in [6.07, 6.45) is 1.28. The lowest BCUT2D eigenvalue weighted by Crippen LogP contribution is -2.29. The highest BCUT2D eigenvalue weighted by molar-refractivity contribution is 5.69. The van der Waals surface area contributed by atoms with Crippen LogP contribution in [0.15, 0.2) is 83.8 Å². The van der Waals surface area contributed by atoms with E-state index in [9.17, 15) is 23.5 Å². The molecular weight excluding hydrogens is 440 g/mol. The molecule has 0 saturated carbocycles. The number of halogens is 2. The molecule has 0 radical (unpaired) electrons. The molecule has 1 heterocycles. The number of nitrogens with one attached hydrogen (secondary N) is 1. The monoisotopic (exact) mass is 461 g/mol. The Hall–Kier alpha value is -4.33. The smallest absolute Gasteiger partial charge is 0.323 e. The summed E-state index contributed by atoms with van der Waals surface area (Å²) in [5.41, 5.74) is 1.47. The molecule has 0 amide bonds. The van der Waals surface area contributed by atoms with Gasteiger partial charge in [-0.15, -0.1) is 0 Å². The largest absolute Gasteiger partial charge is 0.480 e. The molecule has 0 bridgehead atoms. The Morgan fingerprint density at radius 2 is 1.56 bits per heavy atom. The summed E-state index contributed by atoms with van der Waals surface area (Å²) < 4.78 is 29.3. The van der Waals surface area contributed by atoms with Crippen LogP contribution in [0.2, 0.25) is 0 Å². The van der Waals surface area contributed by atoms with Crippen LogP contribution >= 0.6 is 0 Å². The molecule has 0 spiro atoms. The van der Waals surface area contributed by atoms with Gasteiger partial charge < -0.3 is 10.4 Å². The Morgan fingerprint density at radius 1 is 0.971 bits per heavy atom. The number of anilines is 1. The molecule has 172 valence electrons. The van der Waals surface area contributed by atoms with Crippen LogP contribution in [0, 0.1) is 11.6 Å². The van der Waals surface area contributed by atoms with E-state index in [1.54, 1.807) is 36.4 Å². The molecule has 3 aromatic carbocycles. The lowest BCUT2D eigenvalue weighted by Gasteiger charge is -2.18. The van der Waals surface area contributed by atoms with Crippen molar-refractivity contribution in [2.24, 2.45) is 0 Å². The Balaban J connectivity index is 1.64. The van der Waals surface area contributed by atoms with E-state index < -0.39 is 23.9 Å². The molecule has 2 N–H and O–H groups in total. The lowest BCUT2D eigenvalue weighted by molar-refractivity contribution is -0.137. The molecule has 4 aromatic rings. The Labute approximate surface area is 194 Å². The standard InChI is InChI=1S/C26H21F2N3O3/c1-16(17-10-12-18(13-11-17)19-6-2-4-8-21(19)27)30-25-26(34)31(15-24(32)33)23(14-29-25)20-7-3-5-9-22(20)28/h2-14,16H,15H2,1H3,(H,29,30)(H,32,33). The third-order valence-corrected chi connectivity index (χ3v) is 5.45. The maximum atomic E-state index is 14.3. The van der Waals surface area contributed by atoms with Gasteiger partial charge in [-0.3, -0.25) is 14.2 Å². The maximum Gasteiger partial charge on any atom is 0.323 e. The number of nitrogens with zero attached hydrogens (tertiary/aromatic N) is 2. The minimum Gasteiger partial charge on any atom is -0.480 e. The van der Waals surface area contributed by atoms with Crippen LogP contribution < -0.4 is 10.9 Å². The van der Waals surface area contributed by atoms with Crippen molar-refractivity contribution < 1.29 is 18.7 Å². The zero-order valence-electron chi connectivity index (χ0n) is 18.2. The van der Waals surface area contributed by atoms with Crippen molar-refractivity contribution in [3.8, 4) is 22.4 Å². The fraction of sp³-hybridized carbons (Fsp3) is 0.115. The molecule has 1 unspecified atom stereocenters. The Kier molecular flexibility index (Phi) is 6.49. The zero-order valence-corrected chi connectivity index (χ0v) is 18.2. The summed E-state index contributed by atoms with van der Waals surface area (Å²) in [6, 6.07) is 19.1. The fourth-order valence-electron chi connectivity index (χ4n) is 3.70. The van der Waals surface area contributed by atoms with E-state index in [1.165, 1.54) is 30.5 Å². The average Bonchev–Trinajstić information content (AvgIpc) is 2.82. The summed E-state index contributed by atoms with van der Waals surface area (Å²) >= 11 is 0. The van der Waals surface area contributed by atoms with Gasteiger partial charge in [-0.05, 0) is 36.2 Å². The van der Waals surface area contributed by atoms with E-state index in [-0.39, 0.29) is 28.9 Å². The van der Waals surface area contributed by atoms with Gasteiger partial charge in [0.15, 0.2) is 5.82 Å². The van der Waals surface area contributed by atoms with Crippen LogP contribution in [0.25, 0.3) is 22.4 Å². The highest BCUT2D eigenvalue weighted by atomic mass is 19.1. The molecule has 1 atom stereocenters. The van der Waals surface area contributed by atoms with Gasteiger partial charge in [0, 0.05) is 11.1 Å². The van der Waals surface area contributed by atoms with Crippen LogP contribution in [0.5, 0.6) is 0 Å². The second-order valence-corrected chi connectivity index (χ2v) is 7.72. The average molecular weight is 461 g/mol. The van der Waals surface area contributed by atoms with Crippen molar-refractivity contribution in [3.05, 3.63) is 107 Å². The van der Waals surface area contributed by atoms with Gasteiger partial charge in [-0.25, -0.2) is 13.8 Å². The zero-order chi connectivity index (χ0) is 24.2. The predicted octanol–water partition coefficient (Wildman–Crippen LogP) is 5.11. The quantitative estimate of drug-likeness (QED) is 0.399.